The molecule has 0 radical (unpaired) electrons. The van der Waals surface area contributed by atoms with E-state index >= 15 is 0 Å². The predicted molar refractivity (Wildman–Crippen MR) is 86.2 cm³/mol. The lowest BCUT2D eigenvalue weighted by atomic mass is 10.0. The van der Waals surface area contributed by atoms with Crippen molar-refractivity contribution in [2.24, 2.45) is 0 Å². The van der Waals surface area contributed by atoms with E-state index in [0.717, 1.165) is 0 Å². The van der Waals surface area contributed by atoms with E-state index in [2.05, 4.69) is 0 Å². The highest BCUT2D eigenvalue weighted by Gasteiger charge is 2.36. The van der Waals surface area contributed by atoms with Gasteiger partial charge in [0.05, 0.1) is 0 Å². The Labute approximate surface area is 143 Å². The largest absolute Gasteiger partial charge is 0.772 e. The zero-order chi connectivity index (χ0) is 18.6. The molecule has 0 heterocycles. The SMILES string of the molecule is O=C(C=C(O)c1ccc(-c2cccc(CS(=O)[O-])c2)cc1)C(F)(F)F. The molecule has 2 rings (SSSR count). The molecule has 0 spiro atoms. The molecule has 0 aliphatic rings. The topological polar surface area (TPSA) is 77.4 Å². The average molecular weight is 369 g/mol. The summed E-state index contributed by atoms with van der Waals surface area (Å²) < 4.78 is 58.1. The maximum Gasteiger partial charge on any atom is 0.454 e. The maximum atomic E-state index is 12.2. The fourth-order valence-electron chi connectivity index (χ4n) is 2.10. The molecule has 0 aromatic heterocycles. The molecule has 8 heteroatoms. The molecule has 1 unspecified atom stereocenters. The van der Waals surface area contributed by atoms with Gasteiger partial charge in [-0.05, 0) is 16.7 Å². The van der Waals surface area contributed by atoms with Gasteiger partial charge >= 0.3 is 6.18 Å². The van der Waals surface area contributed by atoms with Gasteiger partial charge in [-0.15, -0.1) is 0 Å². The van der Waals surface area contributed by atoms with Gasteiger partial charge in [0.25, 0.3) is 5.78 Å². The van der Waals surface area contributed by atoms with Gasteiger partial charge in [0.15, 0.2) is 0 Å². The van der Waals surface area contributed by atoms with Crippen molar-refractivity contribution in [3.8, 4) is 11.1 Å². The number of alkyl halides is 3. The molecule has 0 aliphatic carbocycles. The second-order valence-electron chi connectivity index (χ2n) is 5.12. The van der Waals surface area contributed by atoms with E-state index in [1.807, 2.05) is 0 Å². The molecule has 0 saturated carbocycles. The van der Waals surface area contributed by atoms with Gasteiger partial charge in [-0.1, -0.05) is 59.6 Å². The number of benzene rings is 2. The quantitative estimate of drug-likeness (QED) is 0.495. The van der Waals surface area contributed by atoms with Crippen LogP contribution in [0.25, 0.3) is 16.9 Å². The van der Waals surface area contributed by atoms with Crippen molar-refractivity contribution in [1.82, 2.24) is 0 Å². The monoisotopic (exact) mass is 369 g/mol. The number of rotatable bonds is 5. The van der Waals surface area contributed by atoms with Gasteiger partial charge in [0.2, 0.25) is 0 Å². The van der Waals surface area contributed by atoms with Crippen molar-refractivity contribution in [3.05, 3.63) is 65.7 Å². The summed E-state index contributed by atoms with van der Waals surface area (Å²) in [7, 11) is 0. The number of allylic oxidation sites excluding steroid dienone is 1. The fraction of sp³-hybridized carbons (Fsp3) is 0.118. The van der Waals surface area contributed by atoms with Crippen LogP contribution in [0.3, 0.4) is 0 Å². The Bertz CT molecular complexity index is 827. The molecule has 132 valence electrons. The fourth-order valence-corrected chi connectivity index (χ4v) is 2.55. The van der Waals surface area contributed by atoms with Crippen molar-refractivity contribution >= 4 is 22.6 Å². The molecule has 0 fully saturated rings. The minimum absolute atomic E-state index is 0.0539. The first-order chi connectivity index (χ1) is 11.7. The maximum absolute atomic E-state index is 12.2. The van der Waals surface area contributed by atoms with E-state index in [1.54, 1.807) is 36.4 Å². The molecule has 1 atom stereocenters. The Balaban J connectivity index is 2.24. The number of aliphatic hydroxyl groups is 1. The predicted octanol–water partition coefficient (Wildman–Crippen LogP) is 3.76. The molecule has 2 aromatic rings. The van der Waals surface area contributed by atoms with E-state index in [-0.39, 0.29) is 17.4 Å². The van der Waals surface area contributed by atoms with Crippen LogP contribution in [0, 0.1) is 0 Å². The lowest BCUT2D eigenvalue weighted by Gasteiger charge is -2.08. The Morgan fingerprint density at radius 1 is 1.12 bits per heavy atom. The van der Waals surface area contributed by atoms with Crippen molar-refractivity contribution < 1.29 is 31.8 Å². The van der Waals surface area contributed by atoms with E-state index in [4.69, 9.17) is 0 Å². The number of carbonyl (C=O) groups is 1. The van der Waals surface area contributed by atoms with E-state index < -0.39 is 28.8 Å². The van der Waals surface area contributed by atoms with Crippen LogP contribution in [0.1, 0.15) is 11.1 Å². The number of carbonyl (C=O) groups excluding carboxylic acids is 1. The molecule has 0 amide bonds. The van der Waals surface area contributed by atoms with Crippen LogP contribution >= 0.6 is 0 Å². The van der Waals surface area contributed by atoms with Crippen LogP contribution in [0.4, 0.5) is 13.2 Å². The number of halogens is 3. The van der Waals surface area contributed by atoms with Gasteiger partial charge in [-0.3, -0.25) is 9.00 Å². The van der Waals surface area contributed by atoms with Gasteiger partial charge in [0, 0.05) is 17.4 Å². The Kier molecular flexibility index (Phi) is 5.76. The minimum atomic E-state index is -5.05. The average Bonchev–Trinajstić information content (AvgIpc) is 2.53. The first-order valence-electron chi connectivity index (χ1n) is 6.94. The molecule has 2 aromatic carbocycles. The minimum Gasteiger partial charge on any atom is -0.772 e. The Morgan fingerprint density at radius 2 is 1.76 bits per heavy atom. The summed E-state index contributed by atoms with van der Waals surface area (Å²) >= 11 is -2.22. The Hall–Kier alpha value is -2.45. The van der Waals surface area contributed by atoms with Gasteiger partial charge < -0.3 is 9.66 Å². The zero-order valence-electron chi connectivity index (χ0n) is 12.6. The zero-order valence-corrected chi connectivity index (χ0v) is 13.4. The molecule has 1 N–H and O–H groups in total. The van der Waals surface area contributed by atoms with Crippen molar-refractivity contribution in [2.75, 3.05) is 0 Å². The highest BCUT2D eigenvalue weighted by atomic mass is 32.2. The summed E-state index contributed by atoms with van der Waals surface area (Å²) in [5.41, 5.74) is 2.04. The van der Waals surface area contributed by atoms with Crippen LogP contribution in [-0.4, -0.2) is 25.8 Å². The smallest absolute Gasteiger partial charge is 0.454 e. The van der Waals surface area contributed by atoms with Gasteiger partial charge in [-0.2, -0.15) is 13.2 Å². The van der Waals surface area contributed by atoms with E-state index in [9.17, 15) is 31.8 Å². The van der Waals surface area contributed by atoms with Crippen LogP contribution in [0.15, 0.2) is 54.6 Å². The number of hydrogen-bond acceptors (Lipinski definition) is 4. The van der Waals surface area contributed by atoms with Gasteiger partial charge in [0.1, 0.15) is 5.76 Å². The molecule has 0 saturated heterocycles. The molecule has 25 heavy (non-hydrogen) atoms. The molecule has 0 bridgehead atoms. The summed E-state index contributed by atoms with van der Waals surface area (Å²) in [6.07, 6.45) is -4.92. The highest BCUT2D eigenvalue weighted by molar-refractivity contribution is 7.78. The molecule has 0 aliphatic heterocycles. The van der Waals surface area contributed by atoms with E-state index in [1.165, 1.54) is 12.1 Å². The van der Waals surface area contributed by atoms with Crippen LogP contribution in [-0.2, 0) is 21.6 Å². The highest BCUT2D eigenvalue weighted by Crippen LogP contribution is 2.24. The van der Waals surface area contributed by atoms with Crippen LogP contribution in [0.2, 0.25) is 0 Å². The third-order valence-electron chi connectivity index (χ3n) is 3.27. The standard InChI is InChI=1S/C17H13F3O4S/c18-17(19,20)16(22)9-15(21)13-6-4-12(5-7-13)14-3-1-2-11(8-14)10-25(23)24/h1-9,21H,10H2,(H,23,24)/p-1. The summed E-state index contributed by atoms with van der Waals surface area (Å²) in [5, 5.41) is 9.63. The number of ketones is 1. The second kappa shape index (κ2) is 7.62. The lowest BCUT2D eigenvalue weighted by Crippen LogP contribution is -2.20. The summed E-state index contributed by atoms with van der Waals surface area (Å²) in [4.78, 5) is 10.9. The van der Waals surface area contributed by atoms with Crippen LogP contribution < -0.4 is 0 Å². The van der Waals surface area contributed by atoms with Crippen molar-refractivity contribution in [3.63, 3.8) is 0 Å². The second-order valence-corrected chi connectivity index (χ2v) is 6.01. The summed E-state index contributed by atoms with van der Waals surface area (Å²) in [5.74, 6) is -3.06. The molecular formula is C17H12F3O4S-. The third kappa shape index (κ3) is 5.27. The summed E-state index contributed by atoms with van der Waals surface area (Å²) in [6, 6.07) is 12.6. The van der Waals surface area contributed by atoms with Crippen LogP contribution in [0.5, 0.6) is 0 Å². The lowest BCUT2D eigenvalue weighted by molar-refractivity contribution is -0.165. The Morgan fingerprint density at radius 3 is 2.32 bits per heavy atom. The number of aliphatic hydroxyl groups excluding tert-OH is 1. The number of hydrogen-bond donors (Lipinski definition) is 1. The van der Waals surface area contributed by atoms with Crippen molar-refractivity contribution in [1.29, 1.82) is 0 Å². The molecule has 4 nitrogen and oxygen atoms in total. The summed E-state index contributed by atoms with van der Waals surface area (Å²) in [6.45, 7) is 0. The van der Waals surface area contributed by atoms with E-state index in [0.29, 0.717) is 16.7 Å². The van der Waals surface area contributed by atoms with Crippen molar-refractivity contribution in [2.45, 2.75) is 11.9 Å². The third-order valence-corrected chi connectivity index (χ3v) is 3.84. The first kappa shape index (κ1) is 18.9. The van der Waals surface area contributed by atoms with Gasteiger partial charge in [-0.25, -0.2) is 0 Å². The first-order valence-corrected chi connectivity index (χ1v) is 8.18. The molecular weight excluding hydrogens is 357 g/mol. The normalized spacial score (nSPS) is 13.5.